The molecule has 0 radical (unpaired) electrons. The number of hydrogen-bond acceptors (Lipinski definition) is 7. The van der Waals surface area contributed by atoms with Gasteiger partial charge in [-0.05, 0) is 61.5 Å². The number of amides is 1. The van der Waals surface area contributed by atoms with E-state index in [9.17, 15) is 24.6 Å². The van der Waals surface area contributed by atoms with Crippen molar-refractivity contribution in [3.05, 3.63) is 17.2 Å². The molecular weight excluding hydrogens is 418 g/mol. The van der Waals surface area contributed by atoms with Gasteiger partial charge in [-0.1, -0.05) is 6.92 Å². The van der Waals surface area contributed by atoms with Crippen LogP contribution in [0.4, 0.5) is 0 Å². The summed E-state index contributed by atoms with van der Waals surface area (Å²) in [6.07, 6.45) is 4.63. The van der Waals surface area contributed by atoms with Crippen molar-refractivity contribution >= 4 is 30.3 Å². The normalized spacial score (nSPS) is 30.0. The first-order valence-electron chi connectivity index (χ1n) is 10.9. The molecule has 0 heterocycles. The maximum Gasteiger partial charge on any atom is 0.335 e. The monoisotopic (exact) mass is 447 g/mol. The predicted molar refractivity (Wildman–Crippen MR) is 116 cm³/mol. The Morgan fingerprint density at radius 3 is 2.68 bits per heavy atom. The number of ketones is 1. The van der Waals surface area contributed by atoms with Gasteiger partial charge in [0.25, 0.3) is 0 Å². The lowest BCUT2D eigenvalue weighted by Crippen LogP contribution is -2.43. The molecule has 1 aromatic rings. The van der Waals surface area contributed by atoms with E-state index in [4.69, 9.17) is 4.74 Å². The number of fused-ring (bicyclic) bond motifs is 5. The van der Waals surface area contributed by atoms with Gasteiger partial charge in [0.1, 0.15) is 11.8 Å². The molecule has 168 valence electrons. The van der Waals surface area contributed by atoms with E-state index in [1.165, 1.54) is 6.92 Å². The fourth-order valence-electron chi connectivity index (χ4n) is 6.13. The zero-order valence-corrected chi connectivity index (χ0v) is 18.7. The third kappa shape index (κ3) is 3.58. The molecule has 31 heavy (non-hydrogen) atoms. The minimum Gasteiger partial charge on any atom is -0.504 e. The van der Waals surface area contributed by atoms with Crippen LogP contribution in [-0.2, 0) is 20.8 Å². The first-order chi connectivity index (χ1) is 14.7. The van der Waals surface area contributed by atoms with E-state index >= 15 is 0 Å². The van der Waals surface area contributed by atoms with Gasteiger partial charge in [-0.15, -0.1) is 0 Å². The number of carbonyl (C=O) groups is 3. The highest BCUT2D eigenvalue weighted by Crippen LogP contribution is 2.61. The summed E-state index contributed by atoms with van der Waals surface area (Å²) in [5.41, 5.74) is 1.32. The highest BCUT2D eigenvalue weighted by molar-refractivity contribution is 7.80. The molecule has 4 rings (SSSR count). The van der Waals surface area contributed by atoms with Gasteiger partial charge in [-0.3, -0.25) is 9.59 Å². The number of phenolic OH excluding ortho intramolecular Hbond substituents is 2. The van der Waals surface area contributed by atoms with Gasteiger partial charge in [-0.25, -0.2) is 4.79 Å². The van der Waals surface area contributed by atoms with Crippen LogP contribution in [0.25, 0.3) is 0 Å². The fourth-order valence-corrected chi connectivity index (χ4v) is 6.37. The van der Waals surface area contributed by atoms with Crippen molar-refractivity contribution in [2.24, 2.45) is 17.3 Å². The molecule has 3 aliphatic carbocycles. The van der Waals surface area contributed by atoms with Gasteiger partial charge in [0.15, 0.2) is 11.5 Å². The number of carbonyl (C=O) groups excluding carboxylic acids is 3. The molecule has 0 aromatic heterocycles. The van der Waals surface area contributed by atoms with Crippen LogP contribution in [0.15, 0.2) is 6.07 Å². The molecule has 1 amide bonds. The van der Waals surface area contributed by atoms with E-state index in [-0.39, 0.29) is 28.6 Å². The third-order valence-electron chi connectivity index (χ3n) is 7.71. The van der Waals surface area contributed by atoms with E-state index in [0.717, 1.165) is 31.2 Å². The van der Waals surface area contributed by atoms with Crippen molar-refractivity contribution < 1.29 is 29.3 Å². The second kappa shape index (κ2) is 8.04. The minimum atomic E-state index is -0.967. The van der Waals surface area contributed by atoms with Crippen molar-refractivity contribution in [2.45, 2.75) is 64.3 Å². The topological polar surface area (TPSA) is 113 Å². The zero-order chi connectivity index (χ0) is 22.5. The summed E-state index contributed by atoms with van der Waals surface area (Å²) in [6.45, 7) is 3.39. The van der Waals surface area contributed by atoms with Gasteiger partial charge >= 0.3 is 5.97 Å². The van der Waals surface area contributed by atoms with Gasteiger partial charge in [0.2, 0.25) is 11.7 Å². The van der Waals surface area contributed by atoms with Crippen LogP contribution in [0.1, 0.15) is 63.0 Å². The summed E-state index contributed by atoms with van der Waals surface area (Å²) >= 11 is 4.08. The zero-order valence-electron chi connectivity index (χ0n) is 17.8. The highest BCUT2D eigenvalue weighted by Gasteiger charge is 2.54. The summed E-state index contributed by atoms with van der Waals surface area (Å²) in [6, 6.07) is 0.688. The molecule has 0 bridgehead atoms. The molecule has 7 nitrogen and oxygen atoms in total. The Balaban J connectivity index is 1.65. The van der Waals surface area contributed by atoms with Crippen LogP contribution in [0.5, 0.6) is 17.2 Å². The Morgan fingerprint density at radius 2 is 2.00 bits per heavy atom. The highest BCUT2D eigenvalue weighted by atomic mass is 32.1. The smallest absolute Gasteiger partial charge is 0.335 e. The summed E-state index contributed by atoms with van der Waals surface area (Å²) < 4.78 is 5.38. The second-order valence-corrected chi connectivity index (χ2v) is 9.70. The largest absolute Gasteiger partial charge is 0.504 e. The van der Waals surface area contributed by atoms with Crippen LogP contribution in [-0.4, -0.2) is 39.7 Å². The third-order valence-corrected chi connectivity index (χ3v) is 8.07. The lowest BCUT2D eigenvalue weighted by atomic mass is 9.55. The molecule has 2 saturated carbocycles. The number of aromatic hydroxyl groups is 2. The van der Waals surface area contributed by atoms with Crippen molar-refractivity contribution in [3.63, 3.8) is 0 Å². The lowest BCUT2D eigenvalue weighted by molar-refractivity contribution is -0.138. The number of Topliss-reactive ketones (excluding diaryl/α,β-unsaturated/α-hetero) is 1. The molecule has 3 unspecified atom stereocenters. The number of hydrogen-bond donors (Lipinski definition) is 4. The van der Waals surface area contributed by atoms with Crippen molar-refractivity contribution in [1.29, 1.82) is 0 Å². The number of thiol groups is 1. The van der Waals surface area contributed by atoms with E-state index in [1.54, 1.807) is 6.07 Å². The fraction of sp³-hybridized carbons (Fsp3) is 0.609. The van der Waals surface area contributed by atoms with Crippen LogP contribution in [0.3, 0.4) is 0 Å². The number of rotatable bonds is 4. The summed E-state index contributed by atoms with van der Waals surface area (Å²) in [4.78, 5) is 36.3. The van der Waals surface area contributed by atoms with Crippen LogP contribution in [0.2, 0.25) is 0 Å². The molecule has 5 atom stereocenters. The molecule has 1 aromatic carbocycles. The maximum absolute atomic E-state index is 12.5. The van der Waals surface area contributed by atoms with E-state index in [0.29, 0.717) is 36.0 Å². The Bertz CT molecular complexity index is 946. The average Bonchev–Trinajstić information content (AvgIpc) is 3.04. The maximum atomic E-state index is 12.5. The van der Waals surface area contributed by atoms with Gasteiger partial charge in [0, 0.05) is 30.1 Å². The molecule has 0 saturated heterocycles. The molecule has 2 fully saturated rings. The van der Waals surface area contributed by atoms with E-state index < -0.39 is 23.7 Å². The van der Waals surface area contributed by atoms with Gasteiger partial charge < -0.3 is 20.3 Å². The number of esters is 1. The standard InChI is InChI=1S/C23H29NO6S/c1-11(25)24-17(10-31)22(29)30-18-9-15-12-7-8-23(2)16(5-6-19(23)26)13(12)3-4-14(15)20(27)21(18)28/h9,12-13,16-17,27-28,31H,3-8,10H2,1-2H3,(H,24,25)/t12?,13?,16?,17-,23-/m0/s1. The summed E-state index contributed by atoms with van der Waals surface area (Å²) in [5.74, 6) is -0.799. The second-order valence-electron chi connectivity index (χ2n) is 9.33. The first kappa shape index (κ1) is 22.0. The predicted octanol–water partition coefficient (Wildman–Crippen LogP) is 2.86. The SMILES string of the molecule is CC(=O)N[C@@H](CS)C(=O)Oc1cc2c(c(O)c1O)CCC1C2CC[C@]2(C)C(=O)CCC12. The minimum absolute atomic E-state index is 0.0368. The van der Waals surface area contributed by atoms with Crippen molar-refractivity contribution in [2.75, 3.05) is 5.75 Å². The Morgan fingerprint density at radius 1 is 1.26 bits per heavy atom. The Labute approximate surface area is 187 Å². The number of nitrogens with one attached hydrogen (secondary N) is 1. The quantitative estimate of drug-likeness (QED) is 0.244. The van der Waals surface area contributed by atoms with Crippen LogP contribution >= 0.6 is 12.6 Å². The molecule has 8 heteroatoms. The molecule has 0 spiro atoms. The molecule has 3 aliphatic rings. The number of phenols is 2. The van der Waals surface area contributed by atoms with Crippen molar-refractivity contribution in [1.82, 2.24) is 5.32 Å². The lowest BCUT2D eigenvalue weighted by Gasteiger charge is -2.48. The Kier molecular flexibility index (Phi) is 5.70. The molecule has 0 aliphatic heterocycles. The van der Waals surface area contributed by atoms with Crippen LogP contribution in [0, 0.1) is 17.3 Å². The van der Waals surface area contributed by atoms with Crippen molar-refractivity contribution in [3.8, 4) is 17.2 Å². The van der Waals surface area contributed by atoms with E-state index in [1.807, 2.05) is 0 Å². The van der Waals surface area contributed by atoms with Crippen LogP contribution < -0.4 is 10.1 Å². The molecular formula is C23H29NO6S. The Hall–Kier alpha value is -2.22. The number of benzene rings is 1. The van der Waals surface area contributed by atoms with Gasteiger partial charge in [-0.2, -0.15) is 12.6 Å². The molecule has 3 N–H and O–H groups in total. The average molecular weight is 448 g/mol. The summed E-state index contributed by atoms with van der Waals surface area (Å²) in [7, 11) is 0. The number of ether oxygens (including phenoxy) is 1. The first-order valence-corrected chi connectivity index (χ1v) is 11.5. The van der Waals surface area contributed by atoms with Gasteiger partial charge in [0.05, 0.1) is 0 Å². The van der Waals surface area contributed by atoms with E-state index in [2.05, 4.69) is 24.9 Å². The summed E-state index contributed by atoms with van der Waals surface area (Å²) in [5, 5.41) is 23.6.